The maximum absolute atomic E-state index is 12.8. The molecule has 5 rings (SSSR count). The first-order valence-corrected chi connectivity index (χ1v) is 9.36. The number of aromatic nitrogens is 4. The van der Waals surface area contributed by atoms with E-state index in [2.05, 4.69) is 10.2 Å². The first-order chi connectivity index (χ1) is 13.7. The molecule has 0 aliphatic carbocycles. The molecular weight excluding hydrogens is 358 g/mol. The van der Waals surface area contributed by atoms with E-state index in [1.807, 2.05) is 39.8 Å². The van der Waals surface area contributed by atoms with Crippen LogP contribution in [-0.4, -0.2) is 43.1 Å². The molecule has 142 valence electrons. The predicted octanol–water partition coefficient (Wildman–Crippen LogP) is 2.04. The smallest absolute Gasteiger partial charge is 0.408 e. The van der Waals surface area contributed by atoms with Crippen LogP contribution in [0.15, 0.2) is 57.9 Å². The van der Waals surface area contributed by atoms with Crippen molar-refractivity contribution in [2.45, 2.75) is 25.3 Å². The minimum atomic E-state index is -0.501. The second kappa shape index (κ2) is 6.63. The molecule has 8 nitrogen and oxygen atoms in total. The fourth-order valence-corrected chi connectivity index (χ4v) is 3.92. The number of pyridine rings is 1. The average molecular weight is 377 g/mol. The van der Waals surface area contributed by atoms with Crippen LogP contribution >= 0.6 is 0 Å². The summed E-state index contributed by atoms with van der Waals surface area (Å²) in [7, 11) is 0. The third kappa shape index (κ3) is 2.77. The second-order valence-corrected chi connectivity index (χ2v) is 7.06. The Kier molecular flexibility index (Phi) is 3.96. The Morgan fingerprint density at radius 2 is 1.86 bits per heavy atom. The number of likely N-dealkylation sites (tertiary alicyclic amines) is 1. The molecule has 0 atom stereocenters. The lowest BCUT2D eigenvalue weighted by molar-refractivity contribution is -0.132. The molecule has 0 spiro atoms. The number of piperidine rings is 1. The molecule has 1 aliphatic rings. The number of rotatable bonds is 3. The molecule has 1 fully saturated rings. The van der Waals surface area contributed by atoms with Crippen LogP contribution in [0.25, 0.3) is 16.7 Å². The number of carbonyl (C=O) groups is 1. The molecule has 28 heavy (non-hydrogen) atoms. The van der Waals surface area contributed by atoms with Gasteiger partial charge >= 0.3 is 5.76 Å². The minimum absolute atomic E-state index is 0.00558. The fraction of sp³-hybridized carbons (Fsp3) is 0.300. The van der Waals surface area contributed by atoms with E-state index in [0.717, 1.165) is 24.3 Å². The van der Waals surface area contributed by atoms with Crippen molar-refractivity contribution in [3.63, 3.8) is 0 Å². The lowest BCUT2D eigenvalue weighted by atomic mass is 9.96. The van der Waals surface area contributed by atoms with Crippen LogP contribution in [0.1, 0.15) is 24.6 Å². The van der Waals surface area contributed by atoms with Gasteiger partial charge in [-0.2, -0.15) is 0 Å². The van der Waals surface area contributed by atoms with E-state index >= 15 is 0 Å². The van der Waals surface area contributed by atoms with E-state index in [1.54, 1.807) is 18.2 Å². The topological polar surface area (TPSA) is 85.6 Å². The third-order valence-electron chi connectivity index (χ3n) is 5.42. The van der Waals surface area contributed by atoms with Crippen molar-refractivity contribution < 1.29 is 9.21 Å². The highest BCUT2D eigenvalue weighted by Gasteiger charge is 2.27. The lowest BCUT2D eigenvalue weighted by Crippen LogP contribution is -2.41. The molecule has 0 unspecified atom stereocenters. The van der Waals surface area contributed by atoms with E-state index in [4.69, 9.17) is 4.42 Å². The maximum Gasteiger partial charge on any atom is 0.420 e. The summed E-state index contributed by atoms with van der Waals surface area (Å²) in [4.78, 5) is 26.7. The number of nitrogens with zero attached hydrogens (tertiary/aromatic N) is 5. The van der Waals surface area contributed by atoms with Crippen molar-refractivity contribution in [3.8, 4) is 0 Å². The lowest BCUT2D eigenvalue weighted by Gasteiger charge is -2.31. The molecule has 3 aromatic heterocycles. The normalized spacial score (nSPS) is 15.5. The molecular formula is C20H19N5O3. The highest BCUT2D eigenvalue weighted by molar-refractivity contribution is 5.79. The summed E-state index contributed by atoms with van der Waals surface area (Å²) >= 11 is 0. The van der Waals surface area contributed by atoms with Crippen LogP contribution in [0.5, 0.6) is 0 Å². The van der Waals surface area contributed by atoms with Crippen molar-refractivity contribution in [1.29, 1.82) is 0 Å². The van der Waals surface area contributed by atoms with Gasteiger partial charge in [-0.25, -0.2) is 4.79 Å². The average Bonchev–Trinajstić information content (AvgIpc) is 3.29. The van der Waals surface area contributed by atoms with Gasteiger partial charge < -0.3 is 9.32 Å². The van der Waals surface area contributed by atoms with Crippen molar-refractivity contribution in [2.75, 3.05) is 13.1 Å². The van der Waals surface area contributed by atoms with Crippen LogP contribution in [0, 0.1) is 0 Å². The molecule has 4 heterocycles. The van der Waals surface area contributed by atoms with Gasteiger partial charge in [-0.05, 0) is 37.1 Å². The van der Waals surface area contributed by atoms with Gasteiger partial charge in [0.1, 0.15) is 12.4 Å². The maximum atomic E-state index is 12.8. The molecule has 8 heteroatoms. The molecule has 0 radical (unpaired) electrons. The Hall–Kier alpha value is -3.42. The minimum Gasteiger partial charge on any atom is -0.408 e. The van der Waals surface area contributed by atoms with Gasteiger partial charge in [0.25, 0.3) is 0 Å². The Balaban J connectivity index is 1.29. The summed E-state index contributed by atoms with van der Waals surface area (Å²) in [6.07, 6.45) is 3.61. The molecule has 0 N–H and O–H groups in total. The first-order valence-electron chi connectivity index (χ1n) is 9.36. The summed E-state index contributed by atoms with van der Waals surface area (Å²) in [5.41, 5.74) is 1.98. The molecule has 1 aliphatic heterocycles. The van der Waals surface area contributed by atoms with Gasteiger partial charge in [0.2, 0.25) is 5.91 Å². The number of hydrogen-bond acceptors (Lipinski definition) is 5. The molecule has 4 aromatic rings. The number of benzene rings is 1. The van der Waals surface area contributed by atoms with Crippen LogP contribution in [0.4, 0.5) is 0 Å². The highest BCUT2D eigenvalue weighted by Crippen LogP contribution is 2.27. The van der Waals surface area contributed by atoms with Crippen molar-refractivity contribution in [3.05, 3.63) is 65.0 Å². The zero-order valence-electron chi connectivity index (χ0n) is 15.2. The number of hydrogen-bond donors (Lipinski definition) is 0. The van der Waals surface area contributed by atoms with Crippen molar-refractivity contribution >= 4 is 22.7 Å². The fourth-order valence-electron chi connectivity index (χ4n) is 3.92. The quantitative estimate of drug-likeness (QED) is 0.545. The summed E-state index contributed by atoms with van der Waals surface area (Å²) in [6, 6.07) is 13.0. The number of amides is 1. The zero-order chi connectivity index (χ0) is 19.1. The highest BCUT2D eigenvalue weighted by atomic mass is 16.4. The van der Waals surface area contributed by atoms with Crippen molar-refractivity contribution in [2.24, 2.45) is 0 Å². The predicted molar refractivity (Wildman–Crippen MR) is 102 cm³/mol. The van der Waals surface area contributed by atoms with Gasteiger partial charge in [0.05, 0.1) is 5.52 Å². The van der Waals surface area contributed by atoms with E-state index in [-0.39, 0.29) is 18.4 Å². The molecule has 0 bridgehead atoms. The van der Waals surface area contributed by atoms with Crippen molar-refractivity contribution in [1.82, 2.24) is 24.1 Å². The summed E-state index contributed by atoms with van der Waals surface area (Å²) < 4.78 is 8.62. The Morgan fingerprint density at radius 1 is 1.07 bits per heavy atom. The third-order valence-corrected chi connectivity index (χ3v) is 5.42. The standard InChI is InChI=1S/C20H19N5O3/c26-18(13-25-15-5-1-2-6-16(15)28-20(25)27)23-11-8-14(9-12-23)19-22-21-17-7-3-4-10-24(17)19/h1-7,10,14H,8-9,11-13H2. The van der Waals surface area contributed by atoms with Crippen LogP contribution in [0.3, 0.4) is 0 Å². The van der Waals surface area contributed by atoms with E-state index in [0.29, 0.717) is 24.2 Å². The van der Waals surface area contributed by atoms with Gasteiger partial charge in [-0.1, -0.05) is 18.2 Å². The van der Waals surface area contributed by atoms with Crippen LogP contribution in [-0.2, 0) is 11.3 Å². The SMILES string of the molecule is O=C(Cn1c(=O)oc2ccccc21)N1CCC(c2nnc3ccccn23)CC1. The van der Waals surface area contributed by atoms with Gasteiger partial charge in [0.15, 0.2) is 11.2 Å². The van der Waals surface area contributed by atoms with E-state index in [9.17, 15) is 9.59 Å². The van der Waals surface area contributed by atoms with E-state index in [1.165, 1.54) is 4.57 Å². The molecule has 1 aromatic carbocycles. The van der Waals surface area contributed by atoms with Gasteiger partial charge in [-0.3, -0.25) is 13.8 Å². The number of oxazole rings is 1. The Labute approximate surface area is 160 Å². The zero-order valence-corrected chi connectivity index (χ0v) is 15.2. The number of fused-ring (bicyclic) bond motifs is 2. The summed E-state index contributed by atoms with van der Waals surface area (Å²) in [5, 5.41) is 8.57. The molecule has 1 amide bonds. The Bertz CT molecular complexity index is 1210. The van der Waals surface area contributed by atoms with Gasteiger partial charge in [0, 0.05) is 25.2 Å². The summed E-state index contributed by atoms with van der Waals surface area (Å²) in [6.45, 7) is 1.26. The molecule has 0 saturated carbocycles. The second-order valence-electron chi connectivity index (χ2n) is 7.06. The molecule has 1 saturated heterocycles. The first kappa shape index (κ1) is 16.7. The van der Waals surface area contributed by atoms with Crippen LogP contribution < -0.4 is 5.76 Å². The number of para-hydroxylation sites is 2. The van der Waals surface area contributed by atoms with Crippen LogP contribution in [0.2, 0.25) is 0 Å². The van der Waals surface area contributed by atoms with E-state index < -0.39 is 5.76 Å². The largest absolute Gasteiger partial charge is 0.420 e. The Morgan fingerprint density at radius 3 is 2.71 bits per heavy atom. The number of carbonyl (C=O) groups excluding carboxylic acids is 1. The van der Waals surface area contributed by atoms with Gasteiger partial charge in [-0.15, -0.1) is 10.2 Å². The monoisotopic (exact) mass is 377 g/mol. The summed E-state index contributed by atoms with van der Waals surface area (Å²) in [5.74, 6) is 0.635.